The van der Waals surface area contributed by atoms with Gasteiger partial charge in [0.1, 0.15) is 0 Å². The maximum Gasteiger partial charge on any atom is 0.261 e. The number of hydrogen-bond donors (Lipinski definition) is 3. The Kier molecular flexibility index (Phi) is 5.63. The lowest BCUT2D eigenvalue weighted by molar-refractivity contribution is -0.121. The topological polar surface area (TPSA) is 107 Å². The second-order valence-corrected chi connectivity index (χ2v) is 6.78. The van der Waals surface area contributed by atoms with E-state index in [2.05, 4.69) is 5.32 Å². The van der Waals surface area contributed by atoms with Crippen LogP contribution < -0.4 is 5.32 Å². The van der Waals surface area contributed by atoms with Crippen molar-refractivity contribution in [2.75, 3.05) is 13.1 Å². The largest absolute Gasteiger partial charge is 0.504 e. The van der Waals surface area contributed by atoms with Gasteiger partial charge in [0.15, 0.2) is 11.5 Å². The molecule has 0 radical (unpaired) electrons. The molecule has 0 aliphatic carbocycles. The molecule has 1 aliphatic rings. The minimum absolute atomic E-state index is 0.168. The highest BCUT2D eigenvalue weighted by molar-refractivity contribution is 6.21. The number of phenols is 2. The number of amides is 3. The maximum absolute atomic E-state index is 12.3. The first-order valence-electron chi connectivity index (χ1n) is 9.12. The summed E-state index contributed by atoms with van der Waals surface area (Å²) in [5, 5.41) is 21.8. The second kappa shape index (κ2) is 8.12. The summed E-state index contributed by atoms with van der Waals surface area (Å²) >= 11 is 0. The van der Waals surface area contributed by atoms with Gasteiger partial charge in [-0.1, -0.05) is 12.1 Å². The molecular weight excluding hydrogens is 360 g/mol. The number of rotatable bonds is 7. The van der Waals surface area contributed by atoms with E-state index >= 15 is 0 Å². The summed E-state index contributed by atoms with van der Waals surface area (Å²) in [6.07, 6.45) is 1.10. The minimum atomic E-state index is -0.316. The number of aromatic hydroxyl groups is 2. The van der Waals surface area contributed by atoms with E-state index in [1.54, 1.807) is 24.3 Å². The smallest absolute Gasteiger partial charge is 0.261 e. The average Bonchev–Trinajstić information content (AvgIpc) is 2.91. The molecule has 2 aromatic rings. The lowest BCUT2D eigenvalue weighted by atomic mass is 10.0. The molecule has 0 unspecified atom stereocenters. The summed E-state index contributed by atoms with van der Waals surface area (Å²) in [5.41, 5.74) is 2.48. The van der Waals surface area contributed by atoms with Crippen LogP contribution in [0.4, 0.5) is 0 Å². The van der Waals surface area contributed by atoms with Crippen LogP contribution in [0.5, 0.6) is 11.5 Å². The Labute approximate surface area is 162 Å². The summed E-state index contributed by atoms with van der Waals surface area (Å²) in [6.45, 7) is 2.40. The molecule has 0 saturated carbocycles. The lowest BCUT2D eigenvalue weighted by Gasteiger charge is -2.13. The van der Waals surface area contributed by atoms with Crippen LogP contribution in [-0.2, 0) is 11.2 Å². The molecule has 0 spiro atoms. The van der Waals surface area contributed by atoms with Gasteiger partial charge in [-0.15, -0.1) is 0 Å². The average molecular weight is 382 g/mol. The molecule has 0 saturated heterocycles. The Morgan fingerprint density at radius 2 is 1.64 bits per heavy atom. The molecule has 3 N–H and O–H groups in total. The van der Waals surface area contributed by atoms with Gasteiger partial charge in [0.2, 0.25) is 5.91 Å². The number of benzene rings is 2. The van der Waals surface area contributed by atoms with E-state index in [1.807, 2.05) is 6.92 Å². The lowest BCUT2D eigenvalue weighted by Crippen LogP contribution is -2.32. The van der Waals surface area contributed by atoms with Gasteiger partial charge in [-0.25, -0.2) is 0 Å². The van der Waals surface area contributed by atoms with Crippen molar-refractivity contribution in [1.29, 1.82) is 0 Å². The van der Waals surface area contributed by atoms with Gasteiger partial charge >= 0.3 is 0 Å². The molecule has 1 aliphatic heterocycles. The van der Waals surface area contributed by atoms with E-state index in [4.69, 9.17) is 0 Å². The molecule has 7 nitrogen and oxygen atoms in total. The van der Waals surface area contributed by atoms with Crippen LogP contribution in [0.3, 0.4) is 0 Å². The first-order valence-corrected chi connectivity index (χ1v) is 9.12. The number of fused-ring (bicyclic) bond motifs is 1. The zero-order valence-electron chi connectivity index (χ0n) is 15.6. The van der Waals surface area contributed by atoms with Crippen molar-refractivity contribution in [3.05, 3.63) is 58.7 Å². The number of imide groups is 1. The zero-order chi connectivity index (χ0) is 20.3. The number of nitrogens with one attached hydrogen (secondary N) is 1. The molecule has 3 amide bonds. The van der Waals surface area contributed by atoms with Crippen molar-refractivity contribution in [1.82, 2.24) is 10.2 Å². The van der Waals surface area contributed by atoms with E-state index in [0.29, 0.717) is 30.5 Å². The van der Waals surface area contributed by atoms with Gasteiger partial charge < -0.3 is 15.5 Å². The molecule has 0 bridgehead atoms. The van der Waals surface area contributed by atoms with Crippen molar-refractivity contribution in [2.24, 2.45) is 0 Å². The molecular formula is C21H22N2O5. The van der Waals surface area contributed by atoms with Crippen molar-refractivity contribution in [3.63, 3.8) is 0 Å². The number of hydrogen-bond acceptors (Lipinski definition) is 5. The third-order valence-electron chi connectivity index (χ3n) is 4.81. The first-order chi connectivity index (χ1) is 13.4. The summed E-state index contributed by atoms with van der Waals surface area (Å²) in [5.74, 6) is -1.16. The summed E-state index contributed by atoms with van der Waals surface area (Å²) < 4.78 is 0. The molecule has 0 fully saturated rings. The standard InChI is InChI=1S/C21H22N2O5/c1-13-11-17(24)18(25)12-14(13)8-9-22-19(26)7-4-10-23-20(27)15-5-2-3-6-16(15)21(23)28/h2-3,5-6,11-12,24-25H,4,7-10H2,1H3,(H,22,26). The van der Waals surface area contributed by atoms with Crippen LogP contribution in [0.15, 0.2) is 36.4 Å². The van der Waals surface area contributed by atoms with Crippen molar-refractivity contribution in [3.8, 4) is 11.5 Å². The summed E-state index contributed by atoms with van der Waals surface area (Å²) in [7, 11) is 0. The number of aryl methyl sites for hydroxylation is 1. The van der Waals surface area contributed by atoms with Crippen molar-refractivity contribution >= 4 is 17.7 Å². The molecule has 3 rings (SSSR count). The molecule has 7 heteroatoms. The van der Waals surface area contributed by atoms with E-state index < -0.39 is 0 Å². The third kappa shape index (κ3) is 3.98. The Morgan fingerprint density at radius 3 is 2.29 bits per heavy atom. The number of phenolic OH excluding ortho intramolecular Hbond substituents is 2. The van der Waals surface area contributed by atoms with Crippen LogP contribution in [0.1, 0.15) is 44.7 Å². The molecule has 146 valence electrons. The maximum atomic E-state index is 12.3. The summed E-state index contributed by atoms with van der Waals surface area (Å²) in [6, 6.07) is 9.66. The SMILES string of the molecule is Cc1cc(O)c(O)cc1CCNC(=O)CCCN1C(=O)c2ccccc2C1=O. The number of carbonyl (C=O) groups is 3. The van der Waals surface area contributed by atoms with Crippen LogP contribution in [0.25, 0.3) is 0 Å². The second-order valence-electron chi connectivity index (χ2n) is 6.78. The van der Waals surface area contributed by atoms with Gasteiger partial charge in [0, 0.05) is 19.5 Å². The Hall–Kier alpha value is -3.35. The highest BCUT2D eigenvalue weighted by atomic mass is 16.3. The normalized spacial score (nSPS) is 13.0. The molecule has 28 heavy (non-hydrogen) atoms. The quantitative estimate of drug-likeness (QED) is 0.502. The monoisotopic (exact) mass is 382 g/mol. The number of nitrogens with zero attached hydrogens (tertiary/aromatic N) is 1. The highest BCUT2D eigenvalue weighted by Gasteiger charge is 2.34. The van der Waals surface area contributed by atoms with E-state index in [0.717, 1.165) is 11.1 Å². The fraction of sp³-hybridized carbons (Fsp3) is 0.286. The van der Waals surface area contributed by atoms with Gasteiger partial charge in [-0.05, 0) is 55.2 Å². The Bertz CT molecular complexity index is 903. The predicted molar refractivity (Wildman–Crippen MR) is 102 cm³/mol. The molecule has 1 heterocycles. The molecule has 0 atom stereocenters. The van der Waals surface area contributed by atoms with Gasteiger partial charge in [-0.2, -0.15) is 0 Å². The summed E-state index contributed by atoms with van der Waals surface area (Å²) in [4.78, 5) is 37.7. The van der Waals surface area contributed by atoms with Gasteiger partial charge in [0.05, 0.1) is 11.1 Å². The fourth-order valence-corrected chi connectivity index (χ4v) is 3.26. The number of carbonyl (C=O) groups excluding carboxylic acids is 3. The fourth-order valence-electron chi connectivity index (χ4n) is 3.26. The predicted octanol–water partition coefficient (Wildman–Crippen LogP) is 2.14. The Balaban J connectivity index is 1.43. The van der Waals surface area contributed by atoms with Crippen molar-refractivity contribution in [2.45, 2.75) is 26.2 Å². The zero-order valence-corrected chi connectivity index (χ0v) is 15.6. The minimum Gasteiger partial charge on any atom is -0.504 e. The van der Waals surface area contributed by atoms with Gasteiger partial charge in [0.25, 0.3) is 11.8 Å². The first kappa shape index (κ1) is 19.4. The highest BCUT2D eigenvalue weighted by Crippen LogP contribution is 2.28. The Morgan fingerprint density at radius 1 is 1.04 bits per heavy atom. The van der Waals surface area contributed by atoms with Crippen molar-refractivity contribution < 1.29 is 24.6 Å². The van der Waals surface area contributed by atoms with Gasteiger partial charge in [-0.3, -0.25) is 19.3 Å². The van der Waals surface area contributed by atoms with Crippen LogP contribution >= 0.6 is 0 Å². The molecule has 2 aromatic carbocycles. The van der Waals surface area contributed by atoms with E-state index in [9.17, 15) is 24.6 Å². The van der Waals surface area contributed by atoms with Crippen LogP contribution in [0.2, 0.25) is 0 Å². The molecule has 0 aromatic heterocycles. The van der Waals surface area contributed by atoms with Crippen LogP contribution in [0, 0.1) is 6.92 Å². The van der Waals surface area contributed by atoms with E-state index in [1.165, 1.54) is 17.0 Å². The van der Waals surface area contributed by atoms with E-state index in [-0.39, 0.29) is 42.2 Å². The van der Waals surface area contributed by atoms with Crippen LogP contribution in [-0.4, -0.2) is 45.9 Å². The third-order valence-corrected chi connectivity index (χ3v) is 4.81.